The van der Waals surface area contributed by atoms with Crippen LogP contribution in [0.3, 0.4) is 0 Å². The summed E-state index contributed by atoms with van der Waals surface area (Å²) in [5.74, 6) is 2.81. The van der Waals surface area contributed by atoms with Crippen molar-refractivity contribution < 1.29 is 4.79 Å². The van der Waals surface area contributed by atoms with Gasteiger partial charge in [0, 0.05) is 6.04 Å². The van der Waals surface area contributed by atoms with E-state index in [1.165, 1.54) is 24.3 Å². The Morgan fingerprint density at radius 2 is 2.07 bits per heavy atom. The van der Waals surface area contributed by atoms with Crippen molar-refractivity contribution in [1.82, 2.24) is 10.2 Å². The van der Waals surface area contributed by atoms with Crippen molar-refractivity contribution in [1.29, 1.82) is 0 Å². The number of amides is 1. The Morgan fingerprint density at radius 1 is 1.40 bits per heavy atom. The third kappa shape index (κ3) is 1.49. The molecule has 2 aliphatic heterocycles. The van der Waals surface area contributed by atoms with Gasteiger partial charge in [-0.2, -0.15) is 11.8 Å². The Labute approximate surface area is 95.0 Å². The molecular weight excluding hydrogens is 208 g/mol. The lowest BCUT2D eigenvalue weighted by molar-refractivity contribution is -0.132. The van der Waals surface area contributed by atoms with Gasteiger partial charge in [-0.15, -0.1) is 0 Å². The molecule has 0 aromatic rings. The van der Waals surface area contributed by atoms with E-state index >= 15 is 0 Å². The topological polar surface area (TPSA) is 32.3 Å². The van der Waals surface area contributed by atoms with Gasteiger partial charge in [0.25, 0.3) is 0 Å². The number of nitrogens with one attached hydrogen (secondary N) is 1. The Bertz CT molecular complexity index is 284. The SMILES string of the molecule is CC1NC2(CC2)C(=O)N1C1CCSCC1. The van der Waals surface area contributed by atoms with E-state index in [2.05, 4.69) is 17.1 Å². The Balaban J connectivity index is 1.76. The number of carbonyl (C=O) groups is 1. The summed E-state index contributed by atoms with van der Waals surface area (Å²) in [5.41, 5.74) is -0.121. The molecule has 84 valence electrons. The Hall–Kier alpha value is -0.220. The van der Waals surface area contributed by atoms with E-state index in [0.717, 1.165) is 12.8 Å². The van der Waals surface area contributed by atoms with Gasteiger partial charge in [-0.3, -0.25) is 10.1 Å². The van der Waals surface area contributed by atoms with Crippen LogP contribution in [0.5, 0.6) is 0 Å². The van der Waals surface area contributed by atoms with Crippen molar-refractivity contribution in [3.63, 3.8) is 0 Å². The molecule has 1 unspecified atom stereocenters. The van der Waals surface area contributed by atoms with E-state index in [-0.39, 0.29) is 11.7 Å². The number of carbonyl (C=O) groups excluding carboxylic acids is 1. The molecule has 1 spiro atoms. The second kappa shape index (κ2) is 3.39. The highest BCUT2D eigenvalue weighted by atomic mass is 32.2. The van der Waals surface area contributed by atoms with Crippen LogP contribution in [-0.2, 0) is 4.79 Å². The van der Waals surface area contributed by atoms with Gasteiger partial charge in [-0.25, -0.2) is 0 Å². The minimum atomic E-state index is -0.121. The van der Waals surface area contributed by atoms with Crippen LogP contribution in [-0.4, -0.2) is 40.1 Å². The van der Waals surface area contributed by atoms with Gasteiger partial charge in [0.05, 0.1) is 11.7 Å². The summed E-state index contributed by atoms with van der Waals surface area (Å²) in [6.45, 7) is 2.13. The fourth-order valence-corrected chi connectivity index (χ4v) is 3.96. The molecule has 1 amide bonds. The molecule has 3 aliphatic rings. The van der Waals surface area contributed by atoms with Crippen LogP contribution < -0.4 is 5.32 Å². The van der Waals surface area contributed by atoms with Crippen LogP contribution in [0.4, 0.5) is 0 Å². The van der Waals surface area contributed by atoms with Gasteiger partial charge >= 0.3 is 0 Å². The molecule has 3 rings (SSSR count). The molecule has 2 saturated heterocycles. The number of hydrogen-bond acceptors (Lipinski definition) is 3. The summed E-state index contributed by atoms with van der Waals surface area (Å²) >= 11 is 2.02. The zero-order chi connectivity index (χ0) is 10.5. The third-order valence-electron chi connectivity index (χ3n) is 3.88. The van der Waals surface area contributed by atoms with Crippen LogP contribution in [0.2, 0.25) is 0 Å². The van der Waals surface area contributed by atoms with Crippen LogP contribution in [0, 0.1) is 0 Å². The molecule has 0 aromatic heterocycles. The molecule has 0 radical (unpaired) electrons. The summed E-state index contributed by atoms with van der Waals surface area (Å²) in [6.07, 6.45) is 4.72. The average molecular weight is 226 g/mol. The highest BCUT2D eigenvalue weighted by molar-refractivity contribution is 7.99. The lowest BCUT2D eigenvalue weighted by Crippen LogP contribution is -2.44. The van der Waals surface area contributed by atoms with Gasteiger partial charge < -0.3 is 4.90 Å². The van der Waals surface area contributed by atoms with Gasteiger partial charge in [-0.05, 0) is 44.1 Å². The zero-order valence-corrected chi connectivity index (χ0v) is 9.98. The highest BCUT2D eigenvalue weighted by Crippen LogP contribution is 2.43. The first-order valence-corrected chi connectivity index (χ1v) is 7.07. The molecule has 2 heterocycles. The second-order valence-electron chi connectivity index (χ2n) is 4.96. The molecule has 1 saturated carbocycles. The highest BCUT2D eigenvalue weighted by Gasteiger charge is 2.59. The van der Waals surface area contributed by atoms with Crippen molar-refractivity contribution >= 4 is 17.7 Å². The van der Waals surface area contributed by atoms with E-state index in [9.17, 15) is 4.79 Å². The van der Waals surface area contributed by atoms with Crippen molar-refractivity contribution in [3.05, 3.63) is 0 Å². The molecule has 3 nitrogen and oxygen atoms in total. The second-order valence-corrected chi connectivity index (χ2v) is 6.18. The maximum atomic E-state index is 12.3. The first kappa shape index (κ1) is 9.97. The van der Waals surface area contributed by atoms with Gasteiger partial charge in [-0.1, -0.05) is 0 Å². The van der Waals surface area contributed by atoms with Gasteiger partial charge in [0.1, 0.15) is 0 Å². The first-order chi connectivity index (χ1) is 7.23. The summed E-state index contributed by atoms with van der Waals surface area (Å²) in [4.78, 5) is 14.4. The molecule has 0 bridgehead atoms. The minimum Gasteiger partial charge on any atom is -0.323 e. The summed E-state index contributed by atoms with van der Waals surface area (Å²) in [6, 6.07) is 0.501. The minimum absolute atomic E-state index is 0.121. The maximum Gasteiger partial charge on any atom is 0.244 e. The lowest BCUT2D eigenvalue weighted by Gasteiger charge is -2.33. The van der Waals surface area contributed by atoms with Crippen LogP contribution in [0.25, 0.3) is 0 Å². The zero-order valence-electron chi connectivity index (χ0n) is 9.16. The van der Waals surface area contributed by atoms with Crippen LogP contribution >= 0.6 is 11.8 Å². The predicted octanol–water partition coefficient (Wildman–Crippen LogP) is 1.19. The van der Waals surface area contributed by atoms with E-state index in [1.54, 1.807) is 0 Å². The van der Waals surface area contributed by atoms with E-state index in [4.69, 9.17) is 0 Å². The number of rotatable bonds is 1. The lowest BCUT2D eigenvalue weighted by atomic mass is 10.1. The molecule has 3 fully saturated rings. The Kier molecular flexibility index (Phi) is 2.25. The van der Waals surface area contributed by atoms with E-state index in [0.29, 0.717) is 11.9 Å². The molecule has 4 heteroatoms. The van der Waals surface area contributed by atoms with Crippen molar-refractivity contribution in [3.8, 4) is 0 Å². The van der Waals surface area contributed by atoms with Gasteiger partial charge in [0.2, 0.25) is 5.91 Å². The summed E-state index contributed by atoms with van der Waals surface area (Å²) in [5, 5.41) is 3.47. The monoisotopic (exact) mass is 226 g/mol. The largest absolute Gasteiger partial charge is 0.323 e. The number of nitrogens with zero attached hydrogens (tertiary/aromatic N) is 1. The number of thioether (sulfide) groups is 1. The molecule has 0 aromatic carbocycles. The fraction of sp³-hybridized carbons (Fsp3) is 0.909. The van der Waals surface area contributed by atoms with Crippen molar-refractivity contribution in [2.75, 3.05) is 11.5 Å². The molecule has 1 N–H and O–H groups in total. The molecular formula is C11H18N2OS. The first-order valence-electron chi connectivity index (χ1n) is 5.91. The predicted molar refractivity (Wildman–Crippen MR) is 61.8 cm³/mol. The van der Waals surface area contributed by atoms with E-state index in [1.807, 2.05) is 11.8 Å². The smallest absolute Gasteiger partial charge is 0.244 e. The van der Waals surface area contributed by atoms with E-state index < -0.39 is 0 Å². The third-order valence-corrected chi connectivity index (χ3v) is 4.93. The maximum absolute atomic E-state index is 12.3. The molecule has 1 aliphatic carbocycles. The van der Waals surface area contributed by atoms with Gasteiger partial charge in [0.15, 0.2) is 0 Å². The van der Waals surface area contributed by atoms with Crippen LogP contribution in [0.15, 0.2) is 0 Å². The fourth-order valence-electron chi connectivity index (χ4n) is 2.88. The standard InChI is InChI=1S/C11H18N2OS/c1-8-12-11(4-5-11)10(14)13(8)9-2-6-15-7-3-9/h8-9,12H,2-7H2,1H3. The molecule has 15 heavy (non-hydrogen) atoms. The summed E-state index contributed by atoms with van der Waals surface area (Å²) in [7, 11) is 0. The van der Waals surface area contributed by atoms with Crippen LogP contribution in [0.1, 0.15) is 32.6 Å². The normalized spacial score (nSPS) is 35.1. The number of hydrogen-bond donors (Lipinski definition) is 1. The Morgan fingerprint density at radius 3 is 2.60 bits per heavy atom. The van der Waals surface area contributed by atoms with Crippen molar-refractivity contribution in [2.45, 2.75) is 50.4 Å². The molecule has 1 atom stereocenters. The summed E-state index contributed by atoms with van der Waals surface area (Å²) < 4.78 is 0. The quantitative estimate of drug-likeness (QED) is 0.729. The average Bonchev–Trinajstić information content (AvgIpc) is 2.95. The van der Waals surface area contributed by atoms with Crippen molar-refractivity contribution in [2.24, 2.45) is 0 Å².